The van der Waals surface area contributed by atoms with E-state index in [4.69, 9.17) is 0 Å². The van der Waals surface area contributed by atoms with Crippen molar-refractivity contribution in [3.05, 3.63) is 12.2 Å². The number of carbonyl (C=O) groups excluding carboxylic acids is 1. The maximum atomic E-state index is 9.98. The van der Waals surface area contributed by atoms with E-state index in [0.717, 1.165) is 18.0 Å². The molecule has 0 aromatic rings. The highest BCUT2D eigenvalue weighted by atomic mass is 79.9. The van der Waals surface area contributed by atoms with Crippen LogP contribution in [0, 0.1) is 0 Å². The molecule has 1 nitrogen and oxygen atoms in total. The summed E-state index contributed by atoms with van der Waals surface area (Å²) in [5.74, 6) is 0. The molecule has 0 aromatic carbocycles. The lowest BCUT2D eigenvalue weighted by Crippen LogP contribution is -1.81. The van der Waals surface area contributed by atoms with Crippen LogP contribution in [0.5, 0.6) is 0 Å². The lowest BCUT2D eigenvalue weighted by molar-refractivity contribution is -0.104. The van der Waals surface area contributed by atoms with E-state index in [1.165, 1.54) is 51.4 Å². The van der Waals surface area contributed by atoms with Gasteiger partial charge < -0.3 is 0 Å². The van der Waals surface area contributed by atoms with Gasteiger partial charge in [0, 0.05) is 5.33 Å². The van der Waals surface area contributed by atoms with E-state index in [-0.39, 0.29) is 0 Å². The Morgan fingerprint density at radius 2 is 1.33 bits per heavy atom. The van der Waals surface area contributed by atoms with Gasteiger partial charge in [-0.2, -0.15) is 0 Å². The minimum Gasteiger partial charge on any atom is -0.299 e. The third-order valence-electron chi connectivity index (χ3n) is 2.47. The zero-order chi connectivity index (χ0) is 11.2. The molecule has 15 heavy (non-hydrogen) atoms. The van der Waals surface area contributed by atoms with Crippen molar-refractivity contribution >= 4 is 22.2 Å². The summed E-state index contributed by atoms with van der Waals surface area (Å²) in [5.41, 5.74) is 0. The van der Waals surface area contributed by atoms with Crippen molar-refractivity contribution in [3.63, 3.8) is 0 Å². The largest absolute Gasteiger partial charge is 0.299 e. The van der Waals surface area contributed by atoms with Crippen LogP contribution in [0.15, 0.2) is 12.2 Å². The quantitative estimate of drug-likeness (QED) is 0.232. The van der Waals surface area contributed by atoms with Crippen molar-refractivity contribution in [2.45, 2.75) is 57.8 Å². The van der Waals surface area contributed by atoms with Gasteiger partial charge in [-0.3, -0.25) is 4.79 Å². The summed E-state index contributed by atoms with van der Waals surface area (Å²) < 4.78 is 0. The fraction of sp³-hybridized carbons (Fsp3) is 0.769. The molecular formula is C13H23BrO. The molecule has 0 saturated heterocycles. The average molecular weight is 275 g/mol. The SMILES string of the molecule is O=C/C=C/CCCCCCCCCCBr. The topological polar surface area (TPSA) is 17.1 Å². The van der Waals surface area contributed by atoms with Crippen LogP contribution in [0.3, 0.4) is 0 Å². The fourth-order valence-corrected chi connectivity index (χ4v) is 1.97. The van der Waals surface area contributed by atoms with Gasteiger partial charge in [0.1, 0.15) is 6.29 Å². The first-order valence-corrected chi connectivity index (χ1v) is 7.20. The molecule has 0 saturated carbocycles. The highest BCUT2D eigenvalue weighted by Gasteiger charge is 1.91. The Bertz CT molecular complexity index is 155. The van der Waals surface area contributed by atoms with Gasteiger partial charge in [0.05, 0.1) is 0 Å². The first-order valence-electron chi connectivity index (χ1n) is 6.08. The molecular weight excluding hydrogens is 252 g/mol. The monoisotopic (exact) mass is 274 g/mol. The molecule has 0 atom stereocenters. The highest BCUT2D eigenvalue weighted by molar-refractivity contribution is 9.09. The molecule has 0 fully saturated rings. The molecule has 0 aliphatic carbocycles. The first kappa shape index (κ1) is 14.9. The Labute approximate surface area is 102 Å². The van der Waals surface area contributed by atoms with Crippen LogP contribution in [0.2, 0.25) is 0 Å². The Balaban J connectivity index is 2.92. The number of rotatable bonds is 11. The van der Waals surface area contributed by atoms with Crippen LogP contribution >= 0.6 is 15.9 Å². The summed E-state index contributed by atoms with van der Waals surface area (Å²) in [6.45, 7) is 0. The Morgan fingerprint density at radius 1 is 0.800 bits per heavy atom. The minimum atomic E-state index is 0.851. The maximum Gasteiger partial charge on any atom is 0.142 e. The van der Waals surface area contributed by atoms with Crippen molar-refractivity contribution in [2.75, 3.05) is 5.33 Å². The molecule has 0 unspecified atom stereocenters. The Hall–Kier alpha value is -0.110. The van der Waals surface area contributed by atoms with E-state index in [1.54, 1.807) is 6.08 Å². The molecule has 88 valence electrons. The number of aldehydes is 1. The third kappa shape index (κ3) is 13.9. The number of hydrogen-bond donors (Lipinski definition) is 0. The van der Waals surface area contributed by atoms with E-state index in [0.29, 0.717) is 0 Å². The summed E-state index contributed by atoms with van der Waals surface area (Å²) in [6, 6.07) is 0. The van der Waals surface area contributed by atoms with Crippen LogP contribution in [-0.4, -0.2) is 11.6 Å². The number of carbonyl (C=O) groups is 1. The molecule has 0 rings (SSSR count). The van der Waals surface area contributed by atoms with Gasteiger partial charge in [-0.05, 0) is 25.3 Å². The second-order valence-electron chi connectivity index (χ2n) is 3.87. The molecule has 0 aliphatic rings. The van der Waals surface area contributed by atoms with Crippen LogP contribution in [-0.2, 0) is 4.79 Å². The van der Waals surface area contributed by atoms with Crippen molar-refractivity contribution in [2.24, 2.45) is 0 Å². The summed E-state index contributed by atoms with van der Waals surface area (Å²) in [5, 5.41) is 1.15. The smallest absolute Gasteiger partial charge is 0.142 e. The standard InChI is InChI=1S/C13H23BrO/c14-12-10-8-6-4-2-1-3-5-7-9-11-13-15/h9,11,13H,1-8,10,12H2/b11-9+. The summed E-state index contributed by atoms with van der Waals surface area (Å²) >= 11 is 3.44. The summed E-state index contributed by atoms with van der Waals surface area (Å²) in [4.78, 5) is 9.98. The zero-order valence-electron chi connectivity index (χ0n) is 9.59. The van der Waals surface area contributed by atoms with Crippen LogP contribution in [0.4, 0.5) is 0 Å². The minimum absolute atomic E-state index is 0.851. The van der Waals surface area contributed by atoms with E-state index >= 15 is 0 Å². The van der Waals surface area contributed by atoms with Crippen molar-refractivity contribution in [3.8, 4) is 0 Å². The van der Waals surface area contributed by atoms with Gasteiger partial charge in [-0.1, -0.05) is 60.5 Å². The second-order valence-corrected chi connectivity index (χ2v) is 4.66. The lowest BCUT2D eigenvalue weighted by atomic mass is 10.1. The molecule has 0 aromatic heterocycles. The molecule has 0 heterocycles. The molecule has 0 amide bonds. The number of halogens is 1. The van der Waals surface area contributed by atoms with Crippen molar-refractivity contribution in [1.82, 2.24) is 0 Å². The highest BCUT2D eigenvalue weighted by Crippen LogP contribution is 2.10. The first-order chi connectivity index (χ1) is 7.41. The Morgan fingerprint density at radius 3 is 1.87 bits per heavy atom. The lowest BCUT2D eigenvalue weighted by Gasteiger charge is -2.00. The molecule has 0 aliphatic heterocycles. The predicted octanol–water partition coefficient (Wildman–Crippen LogP) is 4.65. The van der Waals surface area contributed by atoms with Crippen molar-refractivity contribution in [1.29, 1.82) is 0 Å². The van der Waals surface area contributed by atoms with Gasteiger partial charge in [0.2, 0.25) is 0 Å². The van der Waals surface area contributed by atoms with E-state index in [9.17, 15) is 4.79 Å². The van der Waals surface area contributed by atoms with Crippen molar-refractivity contribution < 1.29 is 4.79 Å². The second kappa shape index (κ2) is 13.9. The van der Waals surface area contributed by atoms with E-state index in [2.05, 4.69) is 15.9 Å². The summed E-state index contributed by atoms with van der Waals surface area (Å²) in [7, 11) is 0. The van der Waals surface area contributed by atoms with Gasteiger partial charge in [-0.25, -0.2) is 0 Å². The normalized spacial score (nSPS) is 11.0. The molecule has 0 radical (unpaired) electrons. The molecule has 2 heteroatoms. The van der Waals surface area contributed by atoms with Gasteiger partial charge in [-0.15, -0.1) is 0 Å². The number of unbranched alkanes of at least 4 members (excludes halogenated alkanes) is 8. The zero-order valence-corrected chi connectivity index (χ0v) is 11.2. The van der Waals surface area contributed by atoms with E-state index < -0.39 is 0 Å². The van der Waals surface area contributed by atoms with Crippen LogP contribution in [0.1, 0.15) is 57.8 Å². The third-order valence-corrected chi connectivity index (χ3v) is 3.03. The fourth-order valence-electron chi connectivity index (χ4n) is 1.57. The Kier molecular flexibility index (Phi) is 13.8. The number of alkyl halides is 1. The number of allylic oxidation sites excluding steroid dienone is 2. The van der Waals surface area contributed by atoms with Gasteiger partial charge >= 0.3 is 0 Å². The van der Waals surface area contributed by atoms with Gasteiger partial charge in [0.15, 0.2) is 0 Å². The van der Waals surface area contributed by atoms with Crippen LogP contribution < -0.4 is 0 Å². The molecule has 0 N–H and O–H groups in total. The maximum absolute atomic E-state index is 9.98. The molecule has 0 bridgehead atoms. The number of hydrogen-bond acceptors (Lipinski definition) is 1. The van der Waals surface area contributed by atoms with E-state index in [1.807, 2.05) is 6.08 Å². The predicted molar refractivity (Wildman–Crippen MR) is 70.6 cm³/mol. The average Bonchev–Trinajstić information content (AvgIpc) is 2.26. The van der Waals surface area contributed by atoms with Gasteiger partial charge in [0.25, 0.3) is 0 Å². The molecule has 0 spiro atoms. The summed E-state index contributed by atoms with van der Waals surface area (Å²) in [6.07, 6.45) is 16.2. The van der Waals surface area contributed by atoms with Crippen LogP contribution in [0.25, 0.3) is 0 Å².